The lowest BCUT2D eigenvalue weighted by atomic mass is 10.0. The van der Waals surface area contributed by atoms with Crippen molar-refractivity contribution in [2.45, 2.75) is 12.5 Å². The van der Waals surface area contributed by atoms with Gasteiger partial charge in [-0.1, -0.05) is 6.08 Å². The van der Waals surface area contributed by atoms with Gasteiger partial charge in [0.15, 0.2) is 17.5 Å². The Balaban J connectivity index is 1.33. The number of hydrogen-bond donors (Lipinski definition) is 1. The molecule has 1 atom stereocenters. The monoisotopic (exact) mass is 474 g/mol. The summed E-state index contributed by atoms with van der Waals surface area (Å²) < 4.78 is 30.0. The lowest BCUT2D eigenvalue weighted by molar-refractivity contribution is 0.312. The van der Waals surface area contributed by atoms with Crippen LogP contribution in [0.3, 0.4) is 0 Å². The number of halogens is 2. The normalized spacial score (nSPS) is 19.2. The molecule has 4 aromatic heterocycles. The second kappa shape index (κ2) is 8.70. The van der Waals surface area contributed by atoms with Crippen molar-refractivity contribution in [2.75, 3.05) is 38.1 Å². The second-order valence-electron chi connectivity index (χ2n) is 8.93. The number of pyridine rings is 2. The van der Waals surface area contributed by atoms with Gasteiger partial charge in [0, 0.05) is 66.8 Å². The smallest absolute Gasteiger partial charge is 0.166 e. The van der Waals surface area contributed by atoms with E-state index in [1.807, 2.05) is 18.3 Å². The van der Waals surface area contributed by atoms with Crippen LogP contribution in [0.15, 0.2) is 66.9 Å². The highest BCUT2D eigenvalue weighted by atomic mass is 19.2. The molecule has 6 rings (SSSR count). The summed E-state index contributed by atoms with van der Waals surface area (Å²) in [6, 6.07) is 5.28. The Kier molecular flexibility index (Phi) is 5.37. The quantitative estimate of drug-likeness (QED) is 0.476. The summed E-state index contributed by atoms with van der Waals surface area (Å²) in [5, 5.41) is 9.02. The van der Waals surface area contributed by atoms with Crippen molar-refractivity contribution < 1.29 is 8.78 Å². The maximum atomic E-state index is 14.6. The van der Waals surface area contributed by atoms with Crippen LogP contribution in [0.4, 0.5) is 14.6 Å². The number of nitrogens with zero attached hydrogens (tertiary/aromatic N) is 7. The van der Waals surface area contributed by atoms with Gasteiger partial charge in [-0.2, -0.15) is 0 Å². The van der Waals surface area contributed by atoms with Crippen LogP contribution in [0.2, 0.25) is 0 Å². The van der Waals surface area contributed by atoms with E-state index in [2.05, 4.69) is 43.1 Å². The predicted molar refractivity (Wildman–Crippen MR) is 130 cm³/mol. The van der Waals surface area contributed by atoms with Gasteiger partial charge in [0.25, 0.3) is 0 Å². The molecule has 0 spiro atoms. The van der Waals surface area contributed by atoms with Gasteiger partial charge in [-0.15, -0.1) is 10.2 Å². The molecular weight excluding hydrogens is 450 g/mol. The number of fused-ring (bicyclic) bond motifs is 1. The van der Waals surface area contributed by atoms with E-state index in [1.165, 1.54) is 6.33 Å². The van der Waals surface area contributed by atoms with Crippen molar-refractivity contribution in [1.29, 1.82) is 0 Å². The van der Waals surface area contributed by atoms with E-state index in [1.54, 1.807) is 23.0 Å². The Morgan fingerprint density at radius 2 is 1.86 bits per heavy atom. The van der Waals surface area contributed by atoms with Crippen molar-refractivity contribution in [3.05, 3.63) is 66.9 Å². The number of likely N-dealkylation sites (N-methyl/N-ethyl adjacent to an activating group) is 1. The summed E-state index contributed by atoms with van der Waals surface area (Å²) in [7, 11) is 2.13. The maximum absolute atomic E-state index is 14.6. The van der Waals surface area contributed by atoms with Crippen LogP contribution in [0.25, 0.3) is 33.5 Å². The van der Waals surface area contributed by atoms with E-state index in [0.717, 1.165) is 60.1 Å². The highest BCUT2D eigenvalue weighted by molar-refractivity contribution is 5.94. The Morgan fingerprint density at radius 3 is 2.66 bits per heavy atom. The molecule has 0 aromatic carbocycles. The summed E-state index contributed by atoms with van der Waals surface area (Å²) in [5.41, 5.74) is 3.24. The van der Waals surface area contributed by atoms with Gasteiger partial charge in [-0.25, -0.2) is 18.7 Å². The molecule has 178 valence electrons. The molecule has 1 aliphatic heterocycles. The molecule has 35 heavy (non-hydrogen) atoms. The summed E-state index contributed by atoms with van der Waals surface area (Å²) >= 11 is 0. The molecule has 1 N–H and O–H groups in total. The minimum atomic E-state index is -0.865. The minimum Gasteiger partial charge on any atom is -0.354 e. The topological polar surface area (TPSA) is 78.8 Å². The number of rotatable bonds is 4. The molecule has 0 amide bonds. The van der Waals surface area contributed by atoms with E-state index in [0.29, 0.717) is 17.9 Å². The number of piperazine rings is 1. The zero-order chi connectivity index (χ0) is 23.9. The minimum absolute atomic E-state index is 0.321. The zero-order valence-corrected chi connectivity index (χ0v) is 19.2. The van der Waals surface area contributed by atoms with E-state index >= 15 is 0 Å². The van der Waals surface area contributed by atoms with Crippen LogP contribution in [-0.2, 0) is 0 Å². The van der Waals surface area contributed by atoms with Crippen LogP contribution >= 0.6 is 0 Å². The standard InChI is InChI=1S/C25H24F2N8/c1-33-7-9-34(10-8-33)22-6-5-16(12-28-22)17-11-18-19(14-30-24(18)29-13-17)25-32-31-15-35(25)21-4-2-3-20(26)23(21)27/h2-3,5-6,11-15,21H,4,7-10H2,1H3,(H,29,30). The first-order valence-corrected chi connectivity index (χ1v) is 11.6. The molecule has 4 aromatic rings. The van der Waals surface area contributed by atoms with Gasteiger partial charge in [-0.05, 0) is 37.7 Å². The fourth-order valence-corrected chi connectivity index (χ4v) is 4.67. The van der Waals surface area contributed by atoms with Crippen LogP contribution in [0, 0.1) is 0 Å². The van der Waals surface area contributed by atoms with Gasteiger partial charge >= 0.3 is 0 Å². The molecule has 10 heteroatoms. The summed E-state index contributed by atoms with van der Waals surface area (Å²) in [6.07, 6.45) is 9.95. The Morgan fingerprint density at radius 1 is 1.03 bits per heavy atom. The van der Waals surface area contributed by atoms with Gasteiger partial charge in [0.1, 0.15) is 17.8 Å². The Bertz CT molecular complexity index is 1430. The average molecular weight is 475 g/mol. The maximum Gasteiger partial charge on any atom is 0.166 e. The number of aromatic nitrogens is 6. The third kappa shape index (κ3) is 3.89. The van der Waals surface area contributed by atoms with Crippen LogP contribution < -0.4 is 4.90 Å². The highest BCUT2D eigenvalue weighted by Crippen LogP contribution is 2.36. The van der Waals surface area contributed by atoms with E-state index in [-0.39, 0.29) is 0 Å². The van der Waals surface area contributed by atoms with Crippen molar-refractivity contribution >= 4 is 16.9 Å². The molecule has 0 saturated carbocycles. The number of aromatic amines is 1. The molecule has 5 heterocycles. The lowest BCUT2D eigenvalue weighted by Gasteiger charge is -2.33. The third-order valence-corrected chi connectivity index (χ3v) is 6.73. The first-order valence-electron chi connectivity index (χ1n) is 11.6. The van der Waals surface area contributed by atoms with E-state index < -0.39 is 17.7 Å². The van der Waals surface area contributed by atoms with Crippen molar-refractivity contribution in [3.8, 4) is 22.5 Å². The summed E-state index contributed by atoms with van der Waals surface area (Å²) in [5.74, 6) is -0.271. The van der Waals surface area contributed by atoms with Gasteiger partial charge in [0.2, 0.25) is 0 Å². The van der Waals surface area contributed by atoms with Crippen LogP contribution in [0.5, 0.6) is 0 Å². The highest BCUT2D eigenvalue weighted by Gasteiger charge is 2.26. The van der Waals surface area contributed by atoms with E-state index in [4.69, 9.17) is 4.98 Å². The fraction of sp³-hybridized carbons (Fsp3) is 0.280. The number of hydrogen-bond acceptors (Lipinski definition) is 6. The van der Waals surface area contributed by atoms with Crippen molar-refractivity contribution in [1.82, 2.24) is 34.6 Å². The first kappa shape index (κ1) is 21.6. The number of H-pyrrole nitrogens is 1. The van der Waals surface area contributed by atoms with Crippen LogP contribution in [0.1, 0.15) is 12.5 Å². The van der Waals surface area contributed by atoms with Crippen molar-refractivity contribution in [3.63, 3.8) is 0 Å². The predicted octanol–water partition coefficient (Wildman–Crippen LogP) is 4.29. The number of nitrogens with one attached hydrogen (secondary N) is 1. The summed E-state index contributed by atoms with van der Waals surface area (Å²) in [4.78, 5) is 17.0. The van der Waals surface area contributed by atoms with Gasteiger partial charge in [0.05, 0.1) is 6.04 Å². The zero-order valence-electron chi connectivity index (χ0n) is 19.2. The second-order valence-corrected chi connectivity index (χ2v) is 8.93. The molecular formula is C25H24F2N8. The van der Waals surface area contributed by atoms with Crippen LogP contribution in [-0.4, -0.2) is 67.8 Å². The summed E-state index contributed by atoms with van der Waals surface area (Å²) in [6.45, 7) is 3.96. The number of anilines is 1. The molecule has 1 unspecified atom stereocenters. The molecule has 8 nitrogen and oxygen atoms in total. The Labute approximate surface area is 200 Å². The van der Waals surface area contributed by atoms with Crippen molar-refractivity contribution in [2.24, 2.45) is 0 Å². The lowest BCUT2D eigenvalue weighted by Crippen LogP contribution is -2.44. The fourth-order valence-electron chi connectivity index (χ4n) is 4.67. The number of allylic oxidation sites excluding steroid dienone is 4. The third-order valence-electron chi connectivity index (χ3n) is 6.73. The van der Waals surface area contributed by atoms with Gasteiger partial charge < -0.3 is 19.4 Å². The van der Waals surface area contributed by atoms with Gasteiger partial charge in [-0.3, -0.25) is 0 Å². The molecule has 1 aliphatic carbocycles. The largest absolute Gasteiger partial charge is 0.354 e. The molecule has 1 saturated heterocycles. The molecule has 0 bridgehead atoms. The SMILES string of the molecule is CN1CCN(c2ccc(-c3cnc4[nH]cc(-c5nncn5C5CC=CC(F)=C5F)c4c3)cn2)CC1. The molecule has 1 fully saturated rings. The average Bonchev–Trinajstić information content (AvgIpc) is 3.53. The first-order chi connectivity index (χ1) is 17.1. The molecule has 0 radical (unpaired) electrons. The molecule has 2 aliphatic rings. The Hall–Kier alpha value is -3.92. The van der Waals surface area contributed by atoms with E-state index in [9.17, 15) is 8.78 Å².